The predicted molar refractivity (Wildman–Crippen MR) is 98.9 cm³/mol. The van der Waals surface area contributed by atoms with E-state index in [4.69, 9.17) is 0 Å². The van der Waals surface area contributed by atoms with Crippen LogP contribution in [0.3, 0.4) is 0 Å². The molecule has 0 aromatic heterocycles. The van der Waals surface area contributed by atoms with Gasteiger partial charge < -0.3 is 0 Å². The van der Waals surface area contributed by atoms with Gasteiger partial charge in [-0.25, -0.2) is 0 Å². The zero-order chi connectivity index (χ0) is 16.0. The van der Waals surface area contributed by atoms with Crippen molar-refractivity contribution in [3.8, 4) is 22.3 Å². The van der Waals surface area contributed by atoms with E-state index >= 15 is 0 Å². The van der Waals surface area contributed by atoms with Crippen molar-refractivity contribution in [3.05, 3.63) is 82.9 Å². The van der Waals surface area contributed by atoms with Crippen molar-refractivity contribution in [2.75, 3.05) is 0 Å². The summed E-state index contributed by atoms with van der Waals surface area (Å²) in [5.41, 5.74) is 11.3. The Balaban J connectivity index is 2.01. The second-order valence-corrected chi connectivity index (χ2v) is 6.78. The van der Waals surface area contributed by atoms with Crippen molar-refractivity contribution in [1.29, 1.82) is 0 Å². The topological polar surface area (TPSA) is 0 Å². The summed E-state index contributed by atoms with van der Waals surface area (Å²) in [5, 5.41) is 0. The molecule has 4 rings (SSSR count). The van der Waals surface area contributed by atoms with Crippen molar-refractivity contribution >= 4 is 0 Å². The van der Waals surface area contributed by atoms with E-state index in [-0.39, 0.29) is 0 Å². The maximum Gasteiger partial charge on any atom is -0.0111 e. The lowest BCUT2D eigenvalue weighted by Crippen LogP contribution is -2.10. The number of aryl methyl sites for hydroxylation is 1. The first-order chi connectivity index (χ1) is 11.2. The van der Waals surface area contributed by atoms with E-state index in [0.29, 0.717) is 5.92 Å². The number of benzene rings is 3. The van der Waals surface area contributed by atoms with Gasteiger partial charge in [-0.05, 0) is 70.7 Å². The van der Waals surface area contributed by atoms with Crippen LogP contribution in [-0.4, -0.2) is 0 Å². The van der Waals surface area contributed by atoms with Gasteiger partial charge in [-0.2, -0.15) is 0 Å². The third kappa shape index (κ3) is 2.21. The number of hydrogen-bond donors (Lipinski definition) is 0. The van der Waals surface area contributed by atoms with Crippen molar-refractivity contribution < 1.29 is 0 Å². The fraction of sp³-hybridized carbons (Fsp3) is 0.217. The summed E-state index contributed by atoms with van der Waals surface area (Å²) in [7, 11) is 0. The van der Waals surface area contributed by atoms with E-state index in [0.717, 1.165) is 6.42 Å². The zero-order valence-electron chi connectivity index (χ0n) is 14.1. The van der Waals surface area contributed by atoms with Crippen molar-refractivity contribution in [2.45, 2.75) is 33.1 Å². The predicted octanol–water partition coefficient (Wildman–Crippen LogP) is 6.30. The van der Waals surface area contributed by atoms with Crippen LogP contribution in [0.15, 0.2) is 60.7 Å². The molecule has 1 aliphatic carbocycles. The molecule has 3 aromatic carbocycles. The van der Waals surface area contributed by atoms with Crippen LogP contribution in [0.25, 0.3) is 22.3 Å². The van der Waals surface area contributed by atoms with Crippen LogP contribution in [0, 0.1) is 13.8 Å². The summed E-state index contributed by atoms with van der Waals surface area (Å²) in [4.78, 5) is 0. The Hall–Kier alpha value is -2.34. The van der Waals surface area contributed by atoms with Gasteiger partial charge in [-0.1, -0.05) is 67.6 Å². The lowest BCUT2D eigenvalue weighted by Gasteiger charge is -2.28. The molecule has 1 unspecified atom stereocenters. The summed E-state index contributed by atoms with van der Waals surface area (Å²) in [6.07, 6.45) is 1.15. The molecule has 23 heavy (non-hydrogen) atoms. The van der Waals surface area contributed by atoms with Gasteiger partial charge in [0.05, 0.1) is 0 Å². The molecule has 0 aliphatic heterocycles. The Morgan fingerprint density at radius 1 is 0.739 bits per heavy atom. The average Bonchev–Trinajstić information content (AvgIpc) is 2.56. The van der Waals surface area contributed by atoms with Crippen molar-refractivity contribution in [3.63, 3.8) is 0 Å². The molecule has 0 heterocycles. The molecule has 0 fully saturated rings. The van der Waals surface area contributed by atoms with Crippen LogP contribution in [0.5, 0.6) is 0 Å². The molecular formula is C23H22. The van der Waals surface area contributed by atoms with Crippen LogP contribution < -0.4 is 0 Å². The van der Waals surface area contributed by atoms with Gasteiger partial charge in [0, 0.05) is 0 Å². The highest BCUT2D eigenvalue weighted by molar-refractivity contribution is 5.84. The second kappa shape index (κ2) is 5.38. The normalized spacial score (nSPS) is 15.9. The lowest BCUT2D eigenvalue weighted by molar-refractivity contribution is 0.748. The second-order valence-electron chi connectivity index (χ2n) is 6.78. The molecule has 0 bridgehead atoms. The van der Waals surface area contributed by atoms with Crippen molar-refractivity contribution in [2.24, 2.45) is 0 Å². The van der Waals surface area contributed by atoms with E-state index in [1.54, 1.807) is 0 Å². The fourth-order valence-electron chi connectivity index (χ4n) is 4.05. The maximum atomic E-state index is 2.35. The van der Waals surface area contributed by atoms with E-state index in [1.165, 1.54) is 44.5 Å². The minimum absolute atomic E-state index is 0.588. The molecule has 0 heteroatoms. The largest absolute Gasteiger partial charge is 0.0620 e. The van der Waals surface area contributed by atoms with E-state index in [2.05, 4.69) is 81.4 Å². The monoisotopic (exact) mass is 298 g/mol. The van der Waals surface area contributed by atoms with Crippen LogP contribution in [0.4, 0.5) is 0 Å². The summed E-state index contributed by atoms with van der Waals surface area (Å²) in [5.74, 6) is 0.588. The molecule has 0 radical (unpaired) electrons. The molecule has 0 spiro atoms. The molecule has 0 nitrogen and oxygen atoms in total. The molecule has 0 saturated carbocycles. The van der Waals surface area contributed by atoms with Gasteiger partial charge in [0.15, 0.2) is 0 Å². The Bertz CT molecular complexity index is 886. The number of rotatable bonds is 1. The van der Waals surface area contributed by atoms with Gasteiger partial charge in [-0.15, -0.1) is 0 Å². The van der Waals surface area contributed by atoms with Crippen molar-refractivity contribution in [1.82, 2.24) is 0 Å². The first-order valence-electron chi connectivity index (χ1n) is 8.44. The highest BCUT2D eigenvalue weighted by atomic mass is 14.3. The van der Waals surface area contributed by atoms with Crippen LogP contribution in [0.2, 0.25) is 0 Å². The first kappa shape index (κ1) is 14.3. The first-order valence-corrected chi connectivity index (χ1v) is 8.44. The Kier molecular flexibility index (Phi) is 3.34. The lowest BCUT2D eigenvalue weighted by atomic mass is 9.76. The summed E-state index contributed by atoms with van der Waals surface area (Å²) in [6, 6.07) is 22.3. The van der Waals surface area contributed by atoms with E-state index in [1.807, 2.05) is 0 Å². The Labute approximate surface area is 138 Å². The average molecular weight is 298 g/mol. The zero-order valence-corrected chi connectivity index (χ0v) is 14.1. The molecule has 0 amide bonds. The van der Waals surface area contributed by atoms with Gasteiger partial charge in [-0.3, -0.25) is 0 Å². The smallest absolute Gasteiger partial charge is 0.0111 e. The fourth-order valence-corrected chi connectivity index (χ4v) is 4.05. The molecular weight excluding hydrogens is 276 g/mol. The molecule has 0 N–H and O–H groups in total. The Morgan fingerprint density at radius 3 is 2.22 bits per heavy atom. The van der Waals surface area contributed by atoms with Crippen LogP contribution in [0.1, 0.15) is 35.1 Å². The summed E-state index contributed by atoms with van der Waals surface area (Å²) in [6.45, 7) is 6.84. The van der Waals surface area contributed by atoms with Gasteiger partial charge in [0.2, 0.25) is 0 Å². The van der Waals surface area contributed by atoms with Gasteiger partial charge >= 0.3 is 0 Å². The summed E-state index contributed by atoms with van der Waals surface area (Å²) < 4.78 is 0. The molecule has 114 valence electrons. The van der Waals surface area contributed by atoms with Gasteiger partial charge in [0.1, 0.15) is 0 Å². The number of hydrogen-bond acceptors (Lipinski definition) is 0. The summed E-state index contributed by atoms with van der Waals surface area (Å²) >= 11 is 0. The highest BCUT2D eigenvalue weighted by Crippen LogP contribution is 2.44. The quantitative estimate of drug-likeness (QED) is 0.494. The SMILES string of the molecule is Cc1ccccc1-c1ccc2c(c1C)-c1ccccc1CC2C. The molecule has 0 saturated heterocycles. The number of fused-ring (bicyclic) bond motifs is 3. The maximum absolute atomic E-state index is 2.35. The van der Waals surface area contributed by atoms with Gasteiger partial charge in [0.25, 0.3) is 0 Å². The third-order valence-corrected chi connectivity index (χ3v) is 5.28. The molecule has 3 aromatic rings. The highest BCUT2D eigenvalue weighted by Gasteiger charge is 2.24. The van der Waals surface area contributed by atoms with Crippen LogP contribution in [-0.2, 0) is 6.42 Å². The minimum Gasteiger partial charge on any atom is -0.0620 e. The molecule has 1 aliphatic rings. The van der Waals surface area contributed by atoms with Crippen LogP contribution >= 0.6 is 0 Å². The third-order valence-electron chi connectivity index (χ3n) is 5.28. The van der Waals surface area contributed by atoms with E-state index < -0.39 is 0 Å². The Morgan fingerprint density at radius 2 is 1.43 bits per heavy atom. The molecule has 1 atom stereocenters. The standard InChI is InChI=1S/C23H22/c1-15-8-4-6-10-19(15)21-13-12-20-16(2)14-18-9-5-7-11-22(18)23(20)17(21)3/h4-13,16H,14H2,1-3H3. The van der Waals surface area contributed by atoms with E-state index in [9.17, 15) is 0 Å². The minimum atomic E-state index is 0.588.